The Morgan fingerprint density at radius 2 is 0.709 bits per heavy atom. The molecular weight excluding hydrogens is 1050 g/mol. The van der Waals surface area contributed by atoms with Gasteiger partial charge in [-0.2, -0.15) is 0 Å². The van der Waals surface area contributed by atoms with E-state index in [1.807, 2.05) is 12.2 Å². The number of carbonyl (C=O) groups is 3. The molecule has 5 unspecified atom stereocenters. The number of phosphoric acid groups is 2. The van der Waals surface area contributed by atoms with E-state index in [9.17, 15) is 43.5 Å². The molecule has 0 aliphatic rings. The summed E-state index contributed by atoms with van der Waals surface area (Å²) in [5.41, 5.74) is 0. The van der Waals surface area contributed by atoms with Crippen LogP contribution in [0, 0.1) is 0 Å². The normalized spacial score (nSPS) is 15.1. The second kappa shape index (κ2) is 55.3. The Morgan fingerprint density at radius 1 is 0.367 bits per heavy atom. The zero-order valence-electron chi connectivity index (χ0n) is 48.8. The number of hydrogen-bond donors (Lipinski definition) is 4. The summed E-state index contributed by atoms with van der Waals surface area (Å²) in [6.45, 7) is 2.38. The highest BCUT2D eigenvalue weighted by Crippen LogP contribution is 2.45. The van der Waals surface area contributed by atoms with Crippen LogP contribution in [0.3, 0.4) is 0 Å². The van der Waals surface area contributed by atoms with E-state index in [0.717, 1.165) is 109 Å². The van der Waals surface area contributed by atoms with Gasteiger partial charge in [-0.1, -0.05) is 209 Å². The molecule has 0 heterocycles. The number of allylic oxidation sites excluding steroid dienone is 14. The third-order valence-electron chi connectivity index (χ3n) is 12.1. The van der Waals surface area contributed by atoms with Gasteiger partial charge in [0.05, 0.1) is 26.4 Å². The van der Waals surface area contributed by atoms with Crippen molar-refractivity contribution in [3.63, 3.8) is 0 Å². The maximum absolute atomic E-state index is 12.8. The Morgan fingerprint density at radius 3 is 1.16 bits per heavy atom. The second-order valence-electron chi connectivity index (χ2n) is 19.8. The molecule has 0 aliphatic carbocycles. The maximum atomic E-state index is 12.8. The standard InChI is InChI=1S/C61H106O16P2/c1-4-7-10-13-16-19-22-25-26-27-28-31-33-35-38-41-44-47-59(64)71-50-56(62)51-73-78(67,68)74-52-57(63)53-75-79(69,70)76-55-58(77-61(66)49-46-43-40-37-34-30-24-21-18-15-12-9-6-3)54-72-60(65)48-45-42-39-36-32-29-23-20-17-14-11-8-5-2/h7,10-11,14,16,19-20,23,25-26,28,31,35,38,56-58,62-63H,4-6,8-9,12-13,15,17-18,21-22,24,27,29-30,32-34,36-37,39-55H2,1-3H3,(H,67,68)(H,69,70)/b10-7-,14-11-,19-16-,23-20-,26-25-,31-28-,38-35-. The lowest BCUT2D eigenvalue weighted by Crippen LogP contribution is -2.30. The molecule has 0 aliphatic heterocycles. The van der Waals surface area contributed by atoms with Crippen LogP contribution in [0.5, 0.6) is 0 Å². The number of aliphatic hydroxyl groups excluding tert-OH is 2. The minimum Gasteiger partial charge on any atom is -0.463 e. The van der Waals surface area contributed by atoms with E-state index in [0.29, 0.717) is 25.7 Å². The Hall–Kier alpha value is -3.27. The molecule has 5 atom stereocenters. The van der Waals surface area contributed by atoms with Gasteiger partial charge in [0.2, 0.25) is 0 Å². The molecule has 18 heteroatoms. The summed E-state index contributed by atoms with van der Waals surface area (Å²) in [5, 5.41) is 20.4. The van der Waals surface area contributed by atoms with Gasteiger partial charge < -0.3 is 34.2 Å². The number of carbonyl (C=O) groups excluding carboxylic acids is 3. The lowest BCUT2D eigenvalue weighted by molar-refractivity contribution is -0.161. The van der Waals surface area contributed by atoms with Gasteiger partial charge in [-0.25, -0.2) is 9.13 Å². The summed E-state index contributed by atoms with van der Waals surface area (Å²) in [7, 11) is -9.77. The van der Waals surface area contributed by atoms with E-state index in [2.05, 4.69) is 93.7 Å². The molecule has 0 rings (SSSR count). The van der Waals surface area contributed by atoms with Gasteiger partial charge in [-0.3, -0.25) is 32.5 Å². The van der Waals surface area contributed by atoms with E-state index >= 15 is 0 Å². The first kappa shape index (κ1) is 75.7. The van der Waals surface area contributed by atoms with Crippen molar-refractivity contribution in [1.29, 1.82) is 0 Å². The Kier molecular flexibility index (Phi) is 53.0. The van der Waals surface area contributed by atoms with E-state index < -0.39 is 91.5 Å². The monoisotopic (exact) mass is 1160 g/mol. The van der Waals surface area contributed by atoms with Crippen molar-refractivity contribution in [3.05, 3.63) is 85.1 Å². The lowest BCUT2D eigenvalue weighted by atomic mass is 10.0. The average Bonchev–Trinajstić information content (AvgIpc) is 3.42. The molecule has 0 radical (unpaired) electrons. The molecule has 0 aromatic rings. The van der Waals surface area contributed by atoms with Gasteiger partial charge in [-0.15, -0.1) is 0 Å². The zero-order chi connectivity index (χ0) is 58.2. The SMILES string of the molecule is CC/C=C\C/C=C\C/C=C\C/C=C\C/C=C\CCCC(=O)OCC(O)COP(=O)(O)OCC(O)COP(=O)(O)OCC(COC(=O)CCCCCCC/C=C\C/C=C\CCC)OC(=O)CCCCCCCCCCCCCCC. The molecule has 4 N–H and O–H groups in total. The number of unbranched alkanes of at least 4 members (excludes halogenated alkanes) is 19. The quantitative estimate of drug-likeness (QED) is 0.0146. The van der Waals surface area contributed by atoms with Crippen molar-refractivity contribution < 1.29 is 75.8 Å². The predicted octanol–water partition coefficient (Wildman–Crippen LogP) is 15.4. The first-order valence-electron chi connectivity index (χ1n) is 29.9. The summed E-state index contributed by atoms with van der Waals surface area (Å²) < 4.78 is 60.5. The van der Waals surface area contributed by atoms with Crippen LogP contribution in [-0.2, 0) is 55.8 Å². The van der Waals surface area contributed by atoms with E-state index in [-0.39, 0.29) is 19.3 Å². The molecule has 0 bridgehead atoms. The van der Waals surface area contributed by atoms with Crippen LogP contribution in [0.4, 0.5) is 0 Å². The highest BCUT2D eigenvalue weighted by atomic mass is 31.2. The number of esters is 3. The van der Waals surface area contributed by atoms with Crippen molar-refractivity contribution in [1.82, 2.24) is 0 Å². The Balaban J connectivity index is 4.71. The summed E-state index contributed by atoms with van der Waals surface area (Å²) in [4.78, 5) is 58.0. The topological polar surface area (TPSA) is 231 Å². The number of rotatable bonds is 56. The molecule has 0 saturated carbocycles. The van der Waals surface area contributed by atoms with E-state index in [4.69, 9.17) is 32.3 Å². The van der Waals surface area contributed by atoms with Gasteiger partial charge in [0.25, 0.3) is 0 Å². The van der Waals surface area contributed by atoms with E-state index in [1.165, 1.54) is 51.4 Å². The fourth-order valence-corrected chi connectivity index (χ4v) is 9.11. The average molecular weight is 1160 g/mol. The molecule has 0 fully saturated rings. The van der Waals surface area contributed by atoms with Crippen molar-refractivity contribution in [3.8, 4) is 0 Å². The number of ether oxygens (including phenoxy) is 3. The highest BCUT2D eigenvalue weighted by Gasteiger charge is 2.29. The van der Waals surface area contributed by atoms with Crippen molar-refractivity contribution in [2.45, 2.75) is 245 Å². The number of hydrogen-bond acceptors (Lipinski definition) is 14. The molecule has 79 heavy (non-hydrogen) atoms. The molecule has 0 aromatic carbocycles. The zero-order valence-corrected chi connectivity index (χ0v) is 50.6. The van der Waals surface area contributed by atoms with Gasteiger partial charge in [0.1, 0.15) is 25.4 Å². The summed E-state index contributed by atoms with van der Waals surface area (Å²) >= 11 is 0. The fourth-order valence-electron chi connectivity index (χ4n) is 7.52. The summed E-state index contributed by atoms with van der Waals surface area (Å²) in [6, 6.07) is 0. The predicted molar refractivity (Wildman–Crippen MR) is 316 cm³/mol. The van der Waals surface area contributed by atoms with Crippen molar-refractivity contribution in [2.75, 3.05) is 39.6 Å². The van der Waals surface area contributed by atoms with Crippen molar-refractivity contribution >= 4 is 33.6 Å². The summed E-state index contributed by atoms with van der Waals surface area (Å²) in [6.07, 6.45) is 55.2. The molecule has 0 spiro atoms. The van der Waals surface area contributed by atoms with Gasteiger partial charge in [0.15, 0.2) is 6.10 Å². The Labute approximate surface area is 476 Å². The second-order valence-corrected chi connectivity index (χ2v) is 22.7. The van der Waals surface area contributed by atoms with Gasteiger partial charge >= 0.3 is 33.6 Å². The van der Waals surface area contributed by atoms with E-state index in [1.54, 1.807) is 0 Å². The van der Waals surface area contributed by atoms with Crippen LogP contribution in [0.25, 0.3) is 0 Å². The molecule has 0 aromatic heterocycles. The molecule has 456 valence electrons. The van der Waals surface area contributed by atoms with Crippen LogP contribution in [0.2, 0.25) is 0 Å². The van der Waals surface area contributed by atoms with Crippen LogP contribution < -0.4 is 0 Å². The molecular formula is C61H106O16P2. The minimum atomic E-state index is -4.92. The first-order valence-corrected chi connectivity index (χ1v) is 32.9. The molecule has 0 saturated heterocycles. The largest absolute Gasteiger partial charge is 0.472 e. The van der Waals surface area contributed by atoms with Crippen molar-refractivity contribution in [2.24, 2.45) is 0 Å². The Bertz CT molecular complexity index is 1790. The third-order valence-corrected chi connectivity index (χ3v) is 14.0. The molecule has 0 amide bonds. The fraction of sp³-hybridized carbons (Fsp3) is 0.721. The number of phosphoric ester groups is 2. The highest BCUT2D eigenvalue weighted by molar-refractivity contribution is 7.47. The third kappa shape index (κ3) is 56.4. The van der Waals surface area contributed by atoms with Crippen LogP contribution in [0.15, 0.2) is 85.1 Å². The van der Waals surface area contributed by atoms with Crippen LogP contribution >= 0.6 is 15.6 Å². The maximum Gasteiger partial charge on any atom is 0.472 e. The molecule has 16 nitrogen and oxygen atoms in total. The van der Waals surface area contributed by atoms with Crippen LogP contribution in [0.1, 0.15) is 226 Å². The van der Waals surface area contributed by atoms with Gasteiger partial charge in [-0.05, 0) is 83.5 Å². The van der Waals surface area contributed by atoms with Crippen LogP contribution in [-0.4, -0.2) is 95.9 Å². The smallest absolute Gasteiger partial charge is 0.463 e. The van der Waals surface area contributed by atoms with Gasteiger partial charge in [0, 0.05) is 19.3 Å². The summed E-state index contributed by atoms with van der Waals surface area (Å²) in [5.74, 6) is -1.65. The first-order chi connectivity index (χ1) is 38.2. The lowest BCUT2D eigenvalue weighted by Gasteiger charge is -2.21. The number of aliphatic hydroxyl groups is 2. The minimum absolute atomic E-state index is 0.103.